The topological polar surface area (TPSA) is 0 Å². The molecule has 0 radical (unpaired) electrons. The third kappa shape index (κ3) is 2.37. The Morgan fingerprint density at radius 1 is 0.808 bits per heavy atom. The number of alkyl halides is 1. The molecule has 0 saturated carbocycles. The molecule has 4 aromatic rings. The van der Waals surface area contributed by atoms with E-state index in [1.54, 1.807) is 0 Å². The number of allylic oxidation sites excluding steroid dienone is 1. The smallest absolute Gasteiger partial charge is 0.0569 e. The van der Waals surface area contributed by atoms with Crippen LogP contribution < -0.4 is 0 Å². The van der Waals surface area contributed by atoms with Crippen LogP contribution in [0.4, 0.5) is 0 Å². The van der Waals surface area contributed by atoms with Crippen molar-refractivity contribution in [2.24, 2.45) is 0 Å². The molecule has 1 aliphatic rings. The number of hydrogen-bond donors (Lipinski definition) is 0. The van der Waals surface area contributed by atoms with Crippen molar-refractivity contribution >= 4 is 50.8 Å². The van der Waals surface area contributed by atoms with Crippen LogP contribution in [0, 0.1) is 0 Å². The molecule has 0 nitrogen and oxygen atoms in total. The summed E-state index contributed by atoms with van der Waals surface area (Å²) in [6.45, 7) is 0. The van der Waals surface area contributed by atoms with Gasteiger partial charge >= 0.3 is 0 Å². The van der Waals surface area contributed by atoms with E-state index in [4.69, 9.17) is 23.2 Å². The molecule has 26 heavy (non-hydrogen) atoms. The maximum atomic E-state index is 6.90. The minimum atomic E-state index is 0.578. The van der Waals surface area contributed by atoms with Gasteiger partial charge in [0.2, 0.25) is 0 Å². The Morgan fingerprint density at radius 2 is 1.58 bits per heavy atom. The largest absolute Gasteiger partial charge is 0.122 e. The third-order valence-electron chi connectivity index (χ3n) is 5.25. The van der Waals surface area contributed by atoms with Crippen molar-refractivity contribution in [2.45, 2.75) is 6.42 Å². The molecule has 0 amide bonds. The van der Waals surface area contributed by atoms with Crippen molar-refractivity contribution in [2.75, 3.05) is 5.88 Å². The summed E-state index contributed by atoms with van der Waals surface area (Å²) in [6.07, 6.45) is 3.18. The zero-order valence-corrected chi connectivity index (χ0v) is 15.6. The van der Waals surface area contributed by atoms with Crippen molar-refractivity contribution in [3.05, 3.63) is 88.5 Å². The monoisotopic (exact) mass is 374 g/mol. The van der Waals surface area contributed by atoms with Crippen LogP contribution in [0.1, 0.15) is 11.1 Å². The molecule has 0 N–H and O–H groups in total. The van der Waals surface area contributed by atoms with E-state index >= 15 is 0 Å². The van der Waals surface area contributed by atoms with Gasteiger partial charge < -0.3 is 0 Å². The van der Waals surface area contributed by atoms with Crippen molar-refractivity contribution in [1.82, 2.24) is 0 Å². The van der Waals surface area contributed by atoms with E-state index in [0.717, 1.165) is 22.2 Å². The van der Waals surface area contributed by atoms with Gasteiger partial charge in [0.15, 0.2) is 0 Å². The van der Waals surface area contributed by atoms with Crippen LogP contribution in [-0.4, -0.2) is 5.88 Å². The summed E-state index contributed by atoms with van der Waals surface area (Å²) in [6, 6.07) is 23.5. The summed E-state index contributed by atoms with van der Waals surface area (Å²) >= 11 is 13.0. The van der Waals surface area contributed by atoms with E-state index in [-0.39, 0.29) is 0 Å². The Kier molecular flexibility index (Phi) is 3.77. The highest BCUT2D eigenvalue weighted by Gasteiger charge is 2.18. The second kappa shape index (κ2) is 6.16. The molecule has 0 unspecified atom stereocenters. The van der Waals surface area contributed by atoms with Crippen LogP contribution in [0.25, 0.3) is 38.7 Å². The molecule has 0 spiro atoms. The molecular weight excluding hydrogens is 359 g/mol. The molecule has 0 saturated heterocycles. The molecule has 126 valence electrons. The summed E-state index contributed by atoms with van der Waals surface area (Å²) < 4.78 is 0. The molecule has 4 aromatic carbocycles. The summed E-state index contributed by atoms with van der Waals surface area (Å²) in [5.41, 5.74) is 6.30. The van der Waals surface area contributed by atoms with Crippen molar-refractivity contribution in [1.29, 1.82) is 0 Å². The van der Waals surface area contributed by atoms with Gasteiger partial charge in [0, 0.05) is 16.7 Å². The average molecular weight is 375 g/mol. The van der Waals surface area contributed by atoms with E-state index in [0.29, 0.717) is 5.88 Å². The lowest BCUT2D eigenvalue weighted by atomic mass is 9.92. The zero-order valence-electron chi connectivity index (χ0n) is 14.1. The van der Waals surface area contributed by atoms with Crippen LogP contribution in [0.2, 0.25) is 5.02 Å². The van der Waals surface area contributed by atoms with Crippen LogP contribution in [0.3, 0.4) is 0 Å². The number of hydrogen-bond acceptors (Lipinski definition) is 0. The lowest BCUT2D eigenvalue weighted by molar-refractivity contribution is 1.20. The van der Waals surface area contributed by atoms with Crippen molar-refractivity contribution in [3.8, 4) is 11.1 Å². The maximum Gasteiger partial charge on any atom is 0.0569 e. The fourth-order valence-corrected chi connectivity index (χ4v) is 4.60. The first-order valence-corrected chi connectivity index (χ1v) is 9.65. The molecule has 5 rings (SSSR count). The molecule has 0 atom stereocenters. The van der Waals surface area contributed by atoms with E-state index in [9.17, 15) is 0 Å². The molecular formula is C24H16Cl2. The Bertz CT molecular complexity index is 1200. The van der Waals surface area contributed by atoms with Crippen molar-refractivity contribution in [3.63, 3.8) is 0 Å². The van der Waals surface area contributed by atoms with Gasteiger partial charge in [0.1, 0.15) is 0 Å². The summed E-state index contributed by atoms with van der Waals surface area (Å²) in [7, 11) is 0. The molecule has 0 heterocycles. The minimum absolute atomic E-state index is 0.578. The highest BCUT2D eigenvalue weighted by molar-refractivity contribution is 6.42. The van der Waals surface area contributed by atoms with E-state index in [2.05, 4.69) is 66.7 Å². The first kappa shape index (κ1) is 15.9. The zero-order chi connectivity index (χ0) is 17.7. The SMILES string of the molecule is ClCC1=Cc2c(cccc2-c2cccc3cc4ccccc4c(Cl)c23)C1. The van der Waals surface area contributed by atoms with E-state index < -0.39 is 0 Å². The van der Waals surface area contributed by atoms with Gasteiger partial charge in [0.05, 0.1) is 5.02 Å². The van der Waals surface area contributed by atoms with Crippen LogP contribution >= 0.6 is 23.2 Å². The highest BCUT2D eigenvalue weighted by atomic mass is 35.5. The van der Waals surface area contributed by atoms with Gasteiger partial charge in [-0.3, -0.25) is 0 Å². The average Bonchev–Trinajstić information content (AvgIpc) is 3.11. The van der Waals surface area contributed by atoms with Crippen LogP contribution in [0.15, 0.2) is 72.3 Å². The predicted molar refractivity (Wildman–Crippen MR) is 114 cm³/mol. The molecule has 0 bridgehead atoms. The Morgan fingerprint density at radius 3 is 2.46 bits per heavy atom. The van der Waals surface area contributed by atoms with Gasteiger partial charge in [-0.2, -0.15) is 0 Å². The Hall–Kier alpha value is -2.28. The summed E-state index contributed by atoms with van der Waals surface area (Å²) in [5.74, 6) is 0.578. The number of halogens is 2. The lowest BCUT2D eigenvalue weighted by Crippen LogP contribution is -1.90. The fraction of sp³-hybridized carbons (Fsp3) is 0.0833. The van der Waals surface area contributed by atoms with Crippen LogP contribution in [-0.2, 0) is 6.42 Å². The van der Waals surface area contributed by atoms with Crippen LogP contribution in [0.5, 0.6) is 0 Å². The summed E-state index contributed by atoms with van der Waals surface area (Å²) in [4.78, 5) is 0. The Balaban J connectivity index is 1.86. The van der Waals surface area contributed by atoms with E-state index in [1.807, 2.05) is 6.07 Å². The lowest BCUT2D eigenvalue weighted by Gasteiger charge is -2.14. The first-order valence-electron chi connectivity index (χ1n) is 8.74. The van der Waals surface area contributed by atoms with Gasteiger partial charge in [-0.25, -0.2) is 0 Å². The fourth-order valence-electron chi connectivity index (χ4n) is 4.04. The van der Waals surface area contributed by atoms with Gasteiger partial charge in [-0.1, -0.05) is 83.9 Å². The maximum absolute atomic E-state index is 6.90. The van der Waals surface area contributed by atoms with Gasteiger partial charge in [-0.15, -0.1) is 11.6 Å². The van der Waals surface area contributed by atoms with E-state index in [1.165, 1.54) is 38.6 Å². The first-order chi connectivity index (χ1) is 12.8. The standard InChI is InChI=1S/C24H16Cl2/c25-14-15-11-16-6-3-9-20(22(16)12-15)21-10-4-7-18-13-17-5-1-2-8-19(17)24(26)23(18)21/h1-10,12-13H,11,14H2. The normalized spacial score (nSPS) is 13.2. The van der Waals surface area contributed by atoms with Gasteiger partial charge in [0.25, 0.3) is 0 Å². The van der Waals surface area contributed by atoms with Crippen molar-refractivity contribution < 1.29 is 0 Å². The molecule has 0 aromatic heterocycles. The summed E-state index contributed by atoms with van der Waals surface area (Å²) in [5, 5.41) is 5.38. The number of fused-ring (bicyclic) bond motifs is 3. The molecule has 0 aliphatic heterocycles. The minimum Gasteiger partial charge on any atom is -0.122 e. The van der Waals surface area contributed by atoms with Gasteiger partial charge in [-0.05, 0) is 45.5 Å². The molecule has 2 heteroatoms. The highest BCUT2D eigenvalue weighted by Crippen LogP contribution is 2.42. The second-order valence-corrected chi connectivity index (χ2v) is 7.45. The second-order valence-electron chi connectivity index (χ2n) is 6.81. The quantitative estimate of drug-likeness (QED) is 0.251. The predicted octanol–water partition coefficient (Wildman–Crippen LogP) is 7.49. The Labute approximate surface area is 162 Å². The number of rotatable bonds is 2. The number of benzene rings is 4. The third-order valence-corrected chi connectivity index (χ3v) is 5.98. The molecule has 0 fully saturated rings. The molecule has 1 aliphatic carbocycles.